The van der Waals surface area contributed by atoms with Gasteiger partial charge in [-0.05, 0) is 45.7 Å². The fourth-order valence-electron chi connectivity index (χ4n) is 2.92. The van der Waals surface area contributed by atoms with Crippen molar-refractivity contribution >= 4 is 12.0 Å². The summed E-state index contributed by atoms with van der Waals surface area (Å²) in [7, 11) is 0. The van der Waals surface area contributed by atoms with Gasteiger partial charge in [-0.2, -0.15) is 0 Å². The molecular weight excluding hydrogens is 280 g/mol. The van der Waals surface area contributed by atoms with Gasteiger partial charge in [0.2, 0.25) is 0 Å². The van der Waals surface area contributed by atoms with E-state index in [1.807, 2.05) is 6.07 Å². The number of piperidine rings is 1. The van der Waals surface area contributed by atoms with Gasteiger partial charge in [-0.25, -0.2) is 9.69 Å². The Morgan fingerprint density at radius 2 is 1.68 bits per heavy atom. The van der Waals surface area contributed by atoms with Crippen LogP contribution in [0.3, 0.4) is 0 Å². The Hall–Kier alpha value is -1.88. The van der Waals surface area contributed by atoms with Crippen LogP contribution in [0, 0.1) is 0 Å². The molecule has 1 aromatic rings. The summed E-state index contributed by atoms with van der Waals surface area (Å²) in [4.78, 5) is 27.4. The van der Waals surface area contributed by atoms with Crippen LogP contribution in [0.2, 0.25) is 0 Å². The van der Waals surface area contributed by atoms with Crippen molar-refractivity contribution in [1.29, 1.82) is 0 Å². The Labute approximate surface area is 131 Å². The number of rotatable bonds is 2. The number of nitrogens with zero attached hydrogens (tertiary/aromatic N) is 2. The molecule has 1 saturated heterocycles. The first kappa shape index (κ1) is 16.5. The summed E-state index contributed by atoms with van der Waals surface area (Å²) in [6.07, 6.45) is 0.202. The van der Waals surface area contributed by atoms with Crippen LogP contribution in [0.5, 0.6) is 0 Å². The standard InChI is InChI=1S/C17H24N2O3/c1-17(2,3)18-11-9-14(10-12-18)19(16(21)22)15(20)13-7-5-4-6-8-13/h4-8,14H,9-12H2,1-3H3,(H,21,22). The molecule has 2 rings (SSSR count). The topological polar surface area (TPSA) is 60.9 Å². The zero-order valence-electron chi connectivity index (χ0n) is 13.5. The molecule has 0 saturated carbocycles. The molecule has 5 heteroatoms. The summed E-state index contributed by atoms with van der Waals surface area (Å²) in [5, 5.41) is 9.47. The van der Waals surface area contributed by atoms with Crippen LogP contribution >= 0.6 is 0 Å². The summed E-state index contributed by atoms with van der Waals surface area (Å²) in [6.45, 7) is 8.06. The lowest BCUT2D eigenvalue weighted by molar-refractivity contribution is 0.0440. The Morgan fingerprint density at radius 1 is 1.14 bits per heavy atom. The van der Waals surface area contributed by atoms with Crippen molar-refractivity contribution in [3.8, 4) is 0 Å². The van der Waals surface area contributed by atoms with Crippen molar-refractivity contribution in [3.05, 3.63) is 35.9 Å². The van der Waals surface area contributed by atoms with Gasteiger partial charge < -0.3 is 5.11 Å². The van der Waals surface area contributed by atoms with Gasteiger partial charge in [0.05, 0.1) is 0 Å². The monoisotopic (exact) mass is 304 g/mol. The number of carboxylic acid groups (broad SMARTS) is 1. The minimum absolute atomic E-state index is 0.0719. The molecule has 1 heterocycles. The Kier molecular flexibility index (Phi) is 4.86. The van der Waals surface area contributed by atoms with Crippen molar-refractivity contribution in [3.63, 3.8) is 0 Å². The molecule has 0 aromatic heterocycles. The SMILES string of the molecule is CC(C)(C)N1CCC(N(C(=O)O)C(=O)c2ccccc2)CC1. The molecule has 0 radical (unpaired) electrons. The molecule has 0 bridgehead atoms. The van der Waals surface area contributed by atoms with Crippen LogP contribution in [0.4, 0.5) is 4.79 Å². The molecule has 22 heavy (non-hydrogen) atoms. The number of carbonyl (C=O) groups excluding carboxylic acids is 1. The number of benzene rings is 1. The van der Waals surface area contributed by atoms with Gasteiger partial charge in [0, 0.05) is 30.2 Å². The molecule has 1 aliphatic rings. The lowest BCUT2D eigenvalue weighted by Gasteiger charge is -2.42. The maximum Gasteiger partial charge on any atom is 0.414 e. The molecule has 120 valence electrons. The molecule has 1 aromatic carbocycles. The Balaban J connectivity index is 2.11. The third-order valence-electron chi connectivity index (χ3n) is 4.22. The maximum absolute atomic E-state index is 12.5. The molecule has 0 aliphatic carbocycles. The lowest BCUT2D eigenvalue weighted by Crippen LogP contribution is -2.53. The summed E-state index contributed by atoms with van der Waals surface area (Å²) < 4.78 is 0. The molecular formula is C17H24N2O3. The molecule has 5 nitrogen and oxygen atoms in total. The van der Waals surface area contributed by atoms with Gasteiger partial charge in [-0.1, -0.05) is 18.2 Å². The van der Waals surface area contributed by atoms with E-state index < -0.39 is 12.0 Å². The second kappa shape index (κ2) is 6.48. The molecule has 0 spiro atoms. The van der Waals surface area contributed by atoms with Crippen molar-refractivity contribution in [2.24, 2.45) is 0 Å². The number of hydrogen-bond acceptors (Lipinski definition) is 3. The average Bonchev–Trinajstić information content (AvgIpc) is 2.47. The number of carbonyl (C=O) groups is 2. The lowest BCUT2D eigenvalue weighted by atomic mass is 9.97. The predicted octanol–water partition coefficient (Wildman–Crippen LogP) is 3.07. The smallest absolute Gasteiger partial charge is 0.414 e. The normalized spacial score (nSPS) is 17.2. The van der Waals surface area contributed by atoms with Gasteiger partial charge in [0.25, 0.3) is 5.91 Å². The Bertz CT molecular complexity index is 529. The van der Waals surface area contributed by atoms with E-state index >= 15 is 0 Å². The minimum atomic E-state index is -1.16. The van der Waals surface area contributed by atoms with Crippen LogP contribution in [0.1, 0.15) is 44.0 Å². The van der Waals surface area contributed by atoms with E-state index in [4.69, 9.17) is 0 Å². The number of hydrogen-bond donors (Lipinski definition) is 1. The van der Waals surface area contributed by atoms with Gasteiger partial charge >= 0.3 is 6.09 Å². The number of likely N-dealkylation sites (tertiary alicyclic amines) is 1. The van der Waals surface area contributed by atoms with Crippen LogP contribution in [-0.4, -0.2) is 51.6 Å². The quantitative estimate of drug-likeness (QED) is 0.912. The van der Waals surface area contributed by atoms with E-state index in [0.29, 0.717) is 18.4 Å². The Morgan fingerprint density at radius 3 is 2.14 bits per heavy atom. The van der Waals surface area contributed by atoms with Gasteiger partial charge in [0.15, 0.2) is 0 Å². The average molecular weight is 304 g/mol. The molecule has 0 atom stereocenters. The van der Waals surface area contributed by atoms with Gasteiger partial charge in [-0.3, -0.25) is 9.69 Å². The highest BCUT2D eigenvalue weighted by molar-refractivity contribution is 6.02. The fourth-order valence-corrected chi connectivity index (χ4v) is 2.92. The van der Waals surface area contributed by atoms with Crippen molar-refractivity contribution in [2.45, 2.75) is 45.2 Å². The number of imide groups is 1. The predicted molar refractivity (Wildman–Crippen MR) is 85.0 cm³/mol. The van der Waals surface area contributed by atoms with Crippen molar-refractivity contribution in [2.75, 3.05) is 13.1 Å². The van der Waals surface area contributed by atoms with E-state index in [-0.39, 0.29) is 11.6 Å². The van der Waals surface area contributed by atoms with Crippen LogP contribution in [-0.2, 0) is 0 Å². The van der Waals surface area contributed by atoms with E-state index in [0.717, 1.165) is 18.0 Å². The van der Waals surface area contributed by atoms with E-state index in [2.05, 4.69) is 25.7 Å². The third kappa shape index (κ3) is 3.65. The highest BCUT2D eigenvalue weighted by Gasteiger charge is 2.35. The van der Waals surface area contributed by atoms with E-state index in [9.17, 15) is 14.7 Å². The highest BCUT2D eigenvalue weighted by Crippen LogP contribution is 2.24. The second-order valence-corrected chi connectivity index (χ2v) is 6.71. The van der Waals surface area contributed by atoms with E-state index in [1.54, 1.807) is 24.3 Å². The zero-order valence-corrected chi connectivity index (χ0v) is 13.5. The number of amides is 2. The first-order chi connectivity index (χ1) is 10.3. The molecule has 1 aliphatic heterocycles. The fraction of sp³-hybridized carbons (Fsp3) is 0.529. The van der Waals surface area contributed by atoms with E-state index in [1.165, 1.54) is 0 Å². The van der Waals surface area contributed by atoms with Crippen molar-refractivity contribution in [1.82, 2.24) is 9.80 Å². The zero-order chi connectivity index (χ0) is 16.3. The van der Waals surface area contributed by atoms with Crippen LogP contribution in [0.15, 0.2) is 30.3 Å². The first-order valence-electron chi connectivity index (χ1n) is 7.67. The summed E-state index contributed by atoms with van der Waals surface area (Å²) in [5.41, 5.74) is 0.491. The highest BCUT2D eigenvalue weighted by atomic mass is 16.4. The molecule has 1 N–H and O–H groups in total. The minimum Gasteiger partial charge on any atom is -0.465 e. The third-order valence-corrected chi connectivity index (χ3v) is 4.22. The van der Waals surface area contributed by atoms with Crippen molar-refractivity contribution < 1.29 is 14.7 Å². The molecule has 0 unspecified atom stereocenters. The maximum atomic E-state index is 12.5. The van der Waals surface area contributed by atoms with Gasteiger partial charge in [0.1, 0.15) is 0 Å². The second-order valence-electron chi connectivity index (χ2n) is 6.71. The summed E-state index contributed by atoms with van der Waals surface area (Å²) in [5.74, 6) is -0.428. The molecule has 2 amide bonds. The van der Waals surface area contributed by atoms with Gasteiger partial charge in [-0.15, -0.1) is 0 Å². The van der Waals surface area contributed by atoms with Crippen LogP contribution in [0.25, 0.3) is 0 Å². The summed E-state index contributed by atoms with van der Waals surface area (Å²) in [6, 6.07) is 8.36. The summed E-state index contributed by atoms with van der Waals surface area (Å²) >= 11 is 0. The van der Waals surface area contributed by atoms with Crippen LogP contribution < -0.4 is 0 Å². The molecule has 1 fully saturated rings. The largest absolute Gasteiger partial charge is 0.465 e. The first-order valence-corrected chi connectivity index (χ1v) is 7.67.